The average Bonchev–Trinajstić information content (AvgIpc) is 3.59. The lowest BCUT2D eigenvalue weighted by molar-refractivity contribution is -0.161. The zero-order valence-electron chi connectivity index (χ0n) is 42.2. The van der Waals surface area contributed by atoms with Gasteiger partial charge in [0.15, 0.2) is 18.1 Å². The number of unbranched alkanes of at least 4 members (excludes halogenated alkanes) is 14. The normalized spacial score (nSPS) is 19.5. The third kappa shape index (κ3) is 30.9. The van der Waals surface area contributed by atoms with Gasteiger partial charge in [0, 0.05) is 25.5 Å². The first-order valence-electron chi connectivity index (χ1n) is 25.5. The third-order valence-corrected chi connectivity index (χ3v) is 13.9. The van der Waals surface area contributed by atoms with E-state index in [-0.39, 0.29) is 24.4 Å². The predicted octanol–water partition coefficient (Wildman–Crippen LogP) is 9.59. The van der Waals surface area contributed by atoms with Crippen LogP contribution in [0.4, 0.5) is 5.82 Å². The molecule has 1 aliphatic rings. The zero-order valence-corrected chi connectivity index (χ0v) is 44.0. The number of allylic oxidation sites excluding steroid dienone is 8. The molecule has 0 saturated carbocycles. The first-order chi connectivity index (χ1) is 33.9. The van der Waals surface area contributed by atoms with Crippen molar-refractivity contribution < 1.29 is 71.1 Å². The number of ether oxygens (including phenoxy) is 3. The van der Waals surface area contributed by atoms with E-state index in [1.807, 2.05) is 36.5 Å². The molecular formula is C50H83N3O16P2. The summed E-state index contributed by atoms with van der Waals surface area (Å²) in [6, 6.07) is 1.24. The number of aliphatic hydroxyl groups excluding tert-OH is 2. The number of phosphoric ester groups is 2. The molecule has 1 aromatic rings. The first-order valence-corrected chi connectivity index (χ1v) is 28.5. The molecule has 2 unspecified atom stereocenters. The van der Waals surface area contributed by atoms with E-state index in [9.17, 15) is 48.3 Å². The fourth-order valence-corrected chi connectivity index (χ4v) is 9.44. The number of phosphoric acid groups is 2. The Hall–Kier alpha value is -3.61. The standard InChI is InChI=1S/C50H83N3O16P2/c1-4-5-25-31-41(54)32-27-22-18-14-10-8-12-16-20-24-29-34-46(56)67-42(37-64-45(55)33-28-23-19-15-11-7-6-9-13-17-21-26-30-40(2)3)38-65-70(60,61)69-71(62,63)66-39-43-47(57)48(58)49(68-43)53-36-35-44(51)52-50(53)59/h8,10,16,18,20,22,27,32,35-36,40,42-43,47-49,57-58H,4-7,9,11-15,17,19,21,23-26,28-31,33-34,37-39H2,1-3H3,(H,60,61)(H,62,63)(H2,51,52,59)/b10-8-,20-16-,22-18-,32-27+/t42-,43-,47-,48-,49-/m1/s1. The summed E-state index contributed by atoms with van der Waals surface area (Å²) < 4.78 is 56.7. The molecule has 1 aliphatic heterocycles. The molecule has 0 aromatic carbocycles. The zero-order chi connectivity index (χ0) is 52.3. The smallest absolute Gasteiger partial charge is 0.462 e. The number of hydrogen-bond donors (Lipinski definition) is 5. The monoisotopic (exact) mass is 1040 g/mol. The Kier molecular flexibility index (Phi) is 33.2. The molecule has 0 spiro atoms. The molecule has 7 atom stereocenters. The molecule has 2 rings (SSSR count). The van der Waals surface area contributed by atoms with Gasteiger partial charge in [-0.2, -0.15) is 9.29 Å². The number of hydrogen-bond acceptors (Lipinski definition) is 16. The summed E-state index contributed by atoms with van der Waals surface area (Å²) in [7, 11) is -10.9. The minimum absolute atomic E-state index is 0.0520. The van der Waals surface area contributed by atoms with Crippen LogP contribution in [0, 0.1) is 5.92 Å². The van der Waals surface area contributed by atoms with Gasteiger partial charge in [-0.25, -0.2) is 13.9 Å². The second-order valence-corrected chi connectivity index (χ2v) is 21.2. The first kappa shape index (κ1) is 63.5. The highest BCUT2D eigenvalue weighted by Gasteiger charge is 2.46. The number of nitrogens with zero attached hydrogens (tertiary/aromatic N) is 2. The van der Waals surface area contributed by atoms with Gasteiger partial charge < -0.3 is 39.9 Å². The van der Waals surface area contributed by atoms with Crippen LogP contribution in [0.3, 0.4) is 0 Å². The van der Waals surface area contributed by atoms with Crippen molar-refractivity contribution in [3.05, 3.63) is 71.4 Å². The van der Waals surface area contributed by atoms with Crippen LogP contribution in [-0.2, 0) is 51.1 Å². The number of rotatable bonds is 41. The summed E-state index contributed by atoms with van der Waals surface area (Å²) in [6.45, 7) is 4.24. The molecule has 2 heterocycles. The molecule has 19 nitrogen and oxygen atoms in total. The van der Waals surface area contributed by atoms with Crippen molar-refractivity contribution >= 4 is 39.2 Å². The van der Waals surface area contributed by atoms with Crippen molar-refractivity contribution in [2.75, 3.05) is 25.6 Å². The SMILES string of the molecule is CCCCCC(=O)/C=C/C=C\C/C=C\C/C=C\CCCC(=O)O[C@H](COC(=O)CCCCCCCCCCCCCCC(C)C)COP(=O)(O)OP(=O)(O)OC[C@H]1O[C@@H](n2ccc(N)nc2=O)[C@H](O)[C@@H]1O. The van der Waals surface area contributed by atoms with Crippen LogP contribution in [-0.4, -0.2) is 91.5 Å². The summed E-state index contributed by atoms with van der Waals surface area (Å²) >= 11 is 0. The van der Waals surface area contributed by atoms with Crippen molar-refractivity contribution in [3.63, 3.8) is 0 Å². The molecule has 0 bridgehead atoms. The summed E-state index contributed by atoms with van der Waals surface area (Å²) in [6.07, 6.45) is 29.1. The van der Waals surface area contributed by atoms with Crippen LogP contribution in [0.15, 0.2) is 65.7 Å². The minimum Gasteiger partial charge on any atom is -0.462 e. The van der Waals surface area contributed by atoms with Gasteiger partial charge >= 0.3 is 33.3 Å². The van der Waals surface area contributed by atoms with Crippen LogP contribution >= 0.6 is 15.6 Å². The molecule has 21 heteroatoms. The van der Waals surface area contributed by atoms with Gasteiger partial charge in [-0.05, 0) is 56.6 Å². The highest BCUT2D eigenvalue weighted by Crippen LogP contribution is 2.60. The quantitative estimate of drug-likeness (QED) is 0.0102. The van der Waals surface area contributed by atoms with Crippen LogP contribution in [0.2, 0.25) is 0 Å². The second kappa shape index (κ2) is 37.2. The number of anilines is 1. The molecular weight excluding hydrogens is 961 g/mol. The van der Waals surface area contributed by atoms with Gasteiger partial charge in [-0.1, -0.05) is 153 Å². The summed E-state index contributed by atoms with van der Waals surface area (Å²) in [5.74, 6) is -0.504. The van der Waals surface area contributed by atoms with Crippen molar-refractivity contribution in [1.82, 2.24) is 9.55 Å². The molecule has 71 heavy (non-hydrogen) atoms. The third-order valence-electron chi connectivity index (χ3n) is 11.3. The number of carbonyl (C=O) groups is 3. The Morgan fingerprint density at radius 3 is 2.00 bits per heavy atom. The van der Waals surface area contributed by atoms with E-state index in [4.69, 9.17) is 29.0 Å². The van der Waals surface area contributed by atoms with Gasteiger partial charge in [-0.15, -0.1) is 0 Å². The topological polar surface area (TPSA) is 283 Å². The predicted molar refractivity (Wildman–Crippen MR) is 271 cm³/mol. The number of esters is 2. The summed E-state index contributed by atoms with van der Waals surface area (Å²) in [5, 5.41) is 20.9. The van der Waals surface area contributed by atoms with E-state index >= 15 is 0 Å². The van der Waals surface area contributed by atoms with Gasteiger partial charge in [0.05, 0.1) is 13.2 Å². The lowest BCUT2D eigenvalue weighted by atomic mass is 10.0. The van der Waals surface area contributed by atoms with Crippen molar-refractivity contribution in [3.8, 4) is 0 Å². The number of ketones is 1. The lowest BCUT2D eigenvalue weighted by Gasteiger charge is -2.21. The largest absolute Gasteiger partial charge is 0.481 e. The maximum absolute atomic E-state index is 12.8. The number of nitrogens with two attached hydrogens (primary N) is 1. The van der Waals surface area contributed by atoms with E-state index < -0.39 is 83.7 Å². The molecule has 1 aromatic heterocycles. The fraction of sp³-hybridized carbons (Fsp3) is 0.700. The van der Waals surface area contributed by atoms with E-state index in [0.717, 1.165) is 61.6 Å². The number of nitrogen functional groups attached to an aromatic ring is 1. The second-order valence-electron chi connectivity index (χ2n) is 18.2. The van der Waals surface area contributed by atoms with Crippen LogP contribution < -0.4 is 11.4 Å². The van der Waals surface area contributed by atoms with Gasteiger partial charge in [0.2, 0.25) is 0 Å². The van der Waals surface area contributed by atoms with Gasteiger partial charge in [0.25, 0.3) is 0 Å². The molecule has 1 fully saturated rings. The highest BCUT2D eigenvalue weighted by atomic mass is 31.3. The fourth-order valence-electron chi connectivity index (χ4n) is 7.33. The number of aliphatic hydroxyl groups is 2. The molecule has 404 valence electrons. The van der Waals surface area contributed by atoms with Crippen LogP contribution in [0.25, 0.3) is 0 Å². The molecule has 1 saturated heterocycles. The Labute approximate surface area is 420 Å². The lowest BCUT2D eigenvalue weighted by Crippen LogP contribution is -2.36. The number of carbonyl (C=O) groups excluding carboxylic acids is 3. The molecule has 6 N–H and O–H groups in total. The maximum atomic E-state index is 12.8. The minimum atomic E-state index is -5.45. The summed E-state index contributed by atoms with van der Waals surface area (Å²) in [4.78, 5) is 73.7. The molecule has 0 amide bonds. The Balaban J connectivity index is 1.84. The number of aromatic nitrogens is 2. The molecule has 0 aliphatic carbocycles. The van der Waals surface area contributed by atoms with E-state index in [1.165, 1.54) is 57.4 Å². The van der Waals surface area contributed by atoms with Crippen molar-refractivity contribution in [1.29, 1.82) is 0 Å². The van der Waals surface area contributed by atoms with Crippen molar-refractivity contribution in [2.45, 2.75) is 199 Å². The van der Waals surface area contributed by atoms with Gasteiger partial charge in [-0.3, -0.25) is 28.0 Å². The Morgan fingerprint density at radius 2 is 1.35 bits per heavy atom. The van der Waals surface area contributed by atoms with E-state index in [0.29, 0.717) is 38.5 Å². The Morgan fingerprint density at radius 1 is 0.761 bits per heavy atom. The maximum Gasteiger partial charge on any atom is 0.481 e. The van der Waals surface area contributed by atoms with Crippen molar-refractivity contribution in [2.24, 2.45) is 5.92 Å². The van der Waals surface area contributed by atoms with Gasteiger partial charge in [0.1, 0.15) is 30.7 Å². The summed E-state index contributed by atoms with van der Waals surface area (Å²) in [5.41, 5.74) is 4.58. The van der Waals surface area contributed by atoms with Crippen LogP contribution in [0.1, 0.15) is 175 Å². The highest BCUT2D eigenvalue weighted by molar-refractivity contribution is 7.61. The average molecular weight is 1040 g/mol. The van der Waals surface area contributed by atoms with Crippen LogP contribution in [0.5, 0.6) is 0 Å². The van der Waals surface area contributed by atoms with E-state index in [1.54, 1.807) is 12.2 Å². The Bertz CT molecular complexity index is 1960. The molecule has 0 radical (unpaired) electrons. The van der Waals surface area contributed by atoms with E-state index in [2.05, 4.69) is 30.1 Å².